The molecule has 2 rings (SSSR count). The number of sulfonamides is 1. The summed E-state index contributed by atoms with van der Waals surface area (Å²) in [5.41, 5.74) is 1.80. The molecule has 0 amide bonds. The molecule has 0 unspecified atom stereocenters. The summed E-state index contributed by atoms with van der Waals surface area (Å²) in [4.78, 5) is 19.6. The van der Waals surface area contributed by atoms with Gasteiger partial charge in [0.05, 0.1) is 36.3 Å². The number of benzene rings is 1. The molecule has 0 radical (unpaired) electrons. The molecule has 12 heteroatoms. The van der Waals surface area contributed by atoms with Gasteiger partial charge in [-0.1, -0.05) is 26.0 Å². The summed E-state index contributed by atoms with van der Waals surface area (Å²) in [5, 5.41) is 28.8. The Morgan fingerprint density at radius 3 is 2.26 bits per heavy atom. The van der Waals surface area contributed by atoms with E-state index in [1.165, 1.54) is 43.5 Å². The molecule has 34 heavy (non-hydrogen) atoms. The van der Waals surface area contributed by atoms with E-state index in [4.69, 9.17) is 5.11 Å². The Kier molecular flexibility index (Phi) is 11.8. The minimum atomic E-state index is -3.65. The van der Waals surface area contributed by atoms with Crippen molar-refractivity contribution in [2.75, 3.05) is 17.6 Å². The predicted molar refractivity (Wildman–Crippen MR) is 128 cm³/mol. The summed E-state index contributed by atoms with van der Waals surface area (Å²) in [6.07, 6.45) is 0.860. The molecule has 0 fully saturated rings. The van der Waals surface area contributed by atoms with Crippen LogP contribution in [0.5, 0.6) is 0 Å². The van der Waals surface area contributed by atoms with Crippen molar-refractivity contribution in [2.24, 2.45) is 0 Å². The smallest absolute Gasteiger partial charge is 0.481 e. The number of carboxylic acid groups (broad SMARTS) is 1. The van der Waals surface area contributed by atoms with Crippen LogP contribution in [-0.4, -0.2) is 111 Å². The van der Waals surface area contributed by atoms with Crippen LogP contribution in [0.25, 0.3) is 17.3 Å². The van der Waals surface area contributed by atoms with Gasteiger partial charge < -0.3 is 15.3 Å². The quantitative estimate of drug-likeness (QED) is 0.370. The van der Waals surface area contributed by atoms with Gasteiger partial charge in [0, 0.05) is 24.6 Å². The van der Waals surface area contributed by atoms with E-state index in [0.717, 1.165) is 10.6 Å². The normalized spacial score (nSPS) is 13.5. The van der Waals surface area contributed by atoms with Crippen molar-refractivity contribution in [3.8, 4) is 11.3 Å². The second-order valence-corrected chi connectivity index (χ2v) is 9.99. The number of carbonyl (C=O) groups is 1. The van der Waals surface area contributed by atoms with Crippen molar-refractivity contribution < 1.29 is 32.9 Å². The molecule has 180 valence electrons. The second kappa shape index (κ2) is 13.1. The molecule has 9 nitrogen and oxygen atoms in total. The average Bonchev–Trinajstić information content (AvgIpc) is 2.70. The number of rotatable bonds is 10. The Bertz CT molecular complexity index is 1130. The molecule has 0 saturated carbocycles. The fraction of sp³-hybridized carbons (Fsp3) is 0.409. The first kappa shape index (κ1) is 30.6. The number of hydrogen-bond donors (Lipinski definition) is 3. The second-order valence-electron chi connectivity index (χ2n) is 7.98. The van der Waals surface area contributed by atoms with Crippen LogP contribution < -0.4 is 4.31 Å². The van der Waals surface area contributed by atoms with Crippen LogP contribution in [-0.2, 0) is 14.8 Å². The number of aromatic nitrogens is 2. The zero-order chi connectivity index (χ0) is 24.9. The zero-order valence-electron chi connectivity index (χ0n) is 19.5. The Hall–Kier alpha value is -1.41. The molecule has 0 bridgehead atoms. The van der Waals surface area contributed by atoms with Gasteiger partial charge in [0.1, 0.15) is 5.82 Å². The molecular weight excluding hydrogens is 541 g/mol. The molecule has 0 aliphatic heterocycles. The topological polar surface area (TPSA) is 141 Å². The summed E-state index contributed by atoms with van der Waals surface area (Å²) in [6.45, 7) is 3.71. The number of halogens is 1. The summed E-state index contributed by atoms with van der Waals surface area (Å²) >= 11 is 0. The third-order valence-corrected chi connectivity index (χ3v) is 5.97. The molecule has 2 aromatic rings. The minimum absolute atomic E-state index is 0. The first-order valence-corrected chi connectivity index (χ1v) is 12.0. The Balaban J connectivity index is 0.00000578. The molecule has 1 aromatic heterocycles. The summed E-state index contributed by atoms with van der Waals surface area (Å²) in [6, 6.07) is 5.49. The fourth-order valence-corrected chi connectivity index (χ4v) is 3.42. The van der Waals surface area contributed by atoms with Crippen LogP contribution in [0.3, 0.4) is 0 Å². The first-order valence-electron chi connectivity index (χ1n) is 10.2. The van der Waals surface area contributed by atoms with E-state index in [1.807, 2.05) is 13.8 Å². The number of carboxylic acids is 1. The molecule has 3 N–H and O–H groups in total. The monoisotopic (exact) mass is 569 g/mol. The van der Waals surface area contributed by atoms with E-state index in [2.05, 4.69) is 9.97 Å². The number of hydrogen-bond acceptors (Lipinski definition) is 7. The van der Waals surface area contributed by atoms with Crippen LogP contribution in [0.4, 0.5) is 10.3 Å². The molecular formula is C22H28FN3O6SSr+2. The SMILES string of the molecule is CC(C)c1nc(N(C)S(C)(=O)=O)nc(-c2ccc(F)cc2)c1/C=C/[C@@H](O)C[C@@H](O)CC(=O)O.[Sr+2]. The van der Waals surface area contributed by atoms with Gasteiger partial charge in [-0.15, -0.1) is 0 Å². The van der Waals surface area contributed by atoms with E-state index in [-0.39, 0.29) is 63.8 Å². The largest absolute Gasteiger partial charge is 2.00 e. The van der Waals surface area contributed by atoms with Gasteiger partial charge in [-0.2, -0.15) is 0 Å². The Labute approximate surface area is 235 Å². The first-order chi connectivity index (χ1) is 15.3. The van der Waals surface area contributed by atoms with Crippen molar-refractivity contribution in [3.05, 3.63) is 47.4 Å². The summed E-state index contributed by atoms with van der Waals surface area (Å²) < 4.78 is 38.6. The average molecular weight is 569 g/mol. The number of aliphatic carboxylic acids is 1. The van der Waals surface area contributed by atoms with Gasteiger partial charge in [-0.05, 0) is 30.2 Å². The maximum atomic E-state index is 13.5. The van der Waals surface area contributed by atoms with Crippen LogP contribution in [0, 0.1) is 5.82 Å². The van der Waals surface area contributed by atoms with Crippen LogP contribution in [0.15, 0.2) is 30.3 Å². The number of anilines is 1. The van der Waals surface area contributed by atoms with Crippen molar-refractivity contribution >= 4 is 73.5 Å². The molecule has 0 spiro atoms. The number of aliphatic hydroxyl groups is 2. The van der Waals surface area contributed by atoms with Gasteiger partial charge in [0.2, 0.25) is 16.0 Å². The van der Waals surface area contributed by atoms with E-state index < -0.39 is 40.4 Å². The van der Waals surface area contributed by atoms with Gasteiger partial charge in [-0.3, -0.25) is 4.79 Å². The van der Waals surface area contributed by atoms with Gasteiger partial charge >= 0.3 is 51.5 Å². The van der Waals surface area contributed by atoms with Crippen molar-refractivity contribution in [1.29, 1.82) is 0 Å². The van der Waals surface area contributed by atoms with Crippen molar-refractivity contribution in [1.82, 2.24) is 9.97 Å². The minimum Gasteiger partial charge on any atom is -0.481 e. The maximum Gasteiger partial charge on any atom is 2.00 e. The van der Waals surface area contributed by atoms with Gasteiger partial charge in [0.25, 0.3) is 0 Å². The fourth-order valence-electron chi connectivity index (χ4n) is 3.05. The van der Waals surface area contributed by atoms with E-state index in [9.17, 15) is 27.8 Å². The van der Waals surface area contributed by atoms with Crippen LogP contribution >= 0.6 is 0 Å². The molecule has 2 atom stereocenters. The predicted octanol–water partition coefficient (Wildman–Crippen LogP) is 2.02. The van der Waals surface area contributed by atoms with Gasteiger partial charge in [-0.25, -0.2) is 27.1 Å². The van der Waals surface area contributed by atoms with Crippen LogP contribution in [0.2, 0.25) is 0 Å². The molecule has 0 aliphatic carbocycles. The third kappa shape index (κ3) is 8.67. The Morgan fingerprint density at radius 2 is 1.76 bits per heavy atom. The summed E-state index contributed by atoms with van der Waals surface area (Å²) in [7, 11) is -2.33. The van der Waals surface area contributed by atoms with Gasteiger partial charge in [0.15, 0.2) is 0 Å². The number of nitrogens with zero attached hydrogens (tertiary/aromatic N) is 3. The van der Waals surface area contributed by atoms with Crippen LogP contribution in [0.1, 0.15) is 43.9 Å². The zero-order valence-corrected chi connectivity index (χ0v) is 23.8. The molecule has 1 aromatic carbocycles. The maximum absolute atomic E-state index is 13.5. The van der Waals surface area contributed by atoms with E-state index in [1.54, 1.807) is 0 Å². The van der Waals surface area contributed by atoms with E-state index >= 15 is 0 Å². The Morgan fingerprint density at radius 1 is 1.18 bits per heavy atom. The molecule has 0 aliphatic rings. The number of aliphatic hydroxyl groups excluding tert-OH is 2. The molecule has 1 heterocycles. The van der Waals surface area contributed by atoms with E-state index in [0.29, 0.717) is 22.5 Å². The summed E-state index contributed by atoms with van der Waals surface area (Å²) in [5.74, 6) is -1.87. The van der Waals surface area contributed by atoms with Crippen molar-refractivity contribution in [2.45, 2.75) is 44.8 Å². The standard InChI is InChI=1S/C22H28FN3O6S.Sr/c1-13(2)20-18(10-9-16(27)11-17(28)12-19(29)30)21(14-5-7-15(23)8-6-14)25-22(24-20)26(3)33(4,31)32;/h5-10,13,16-17,27-28H,11-12H2,1-4H3,(H,29,30);/q;+2/b10-9+;/t16-,17-;/m1./s1. The molecule has 0 saturated heterocycles. The third-order valence-electron chi connectivity index (χ3n) is 4.82. The van der Waals surface area contributed by atoms with Crippen molar-refractivity contribution in [3.63, 3.8) is 0 Å².